The van der Waals surface area contributed by atoms with E-state index < -0.39 is 15.9 Å². The summed E-state index contributed by atoms with van der Waals surface area (Å²) in [5.41, 5.74) is 0.559. The summed E-state index contributed by atoms with van der Waals surface area (Å²) in [6, 6.07) is 6.30. The number of sulfone groups is 1. The van der Waals surface area contributed by atoms with Gasteiger partial charge in [0.15, 0.2) is 9.84 Å². The van der Waals surface area contributed by atoms with Gasteiger partial charge in [0.25, 0.3) is 0 Å². The minimum absolute atomic E-state index is 0.182. The second kappa shape index (κ2) is 6.14. The van der Waals surface area contributed by atoms with E-state index >= 15 is 0 Å². The summed E-state index contributed by atoms with van der Waals surface area (Å²) in [6.45, 7) is 2.75. The van der Waals surface area contributed by atoms with Gasteiger partial charge in [0.2, 0.25) is 0 Å². The van der Waals surface area contributed by atoms with Crippen molar-refractivity contribution in [2.24, 2.45) is 0 Å². The first kappa shape index (κ1) is 14.2. The van der Waals surface area contributed by atoms with E-state index in [4.69, 9.17) is 4.74 Å². The van der Waals surface area contributed by atoms with E-state index in [2.05, 4.69) is 0 Å². The van der Waals surface area contributed by atoms with Gasteiger partial charge in [-0.25, -0.2) is 8.42 Å². The monoisotopic (exact) mass is 258 g/mol. The number of hydrogen-bond donors (Lipinski definition) is 1. The van der Waals surface area contributed by atoms with E-state index in [-0.39, 0.29) is 11.5 Å². The summed E-state index contributed by atoms with van der Waals surface area (Å²) in [4.78, 5) is 0.213. The molecule has 1 aromatic rings. The van der Waals surface area contributed by atoms with Gasteiger partial charge in [0, 0.05) is 12.9 Å². The Morgan fingerprint density at radius 1 is 1.41 bits per heavy atom. The molecule has 17 heavy (non-hydrogen) atoms. The van der Waals surface area contributed by atoms with Crippen molar-refractivity contribution in [2.75, 3.05) is 19.5 Å². The second-order valence-corrected chi connectivity index (χ2v) is 5.95. The zero-order valence-electron chi connectivity index (χ0n) is 10.1. The summed E-state index contributed by atoms with van der Waals surface area (Å²) in [5, 5.41) is 9.82. The normalized spacial score (nSPS) is 13.6. The SMILES string of the molecule is CCCOCC(O)c1cccc(S(C)(=O)=O)c1. The standard InChI is InChI=1S/C12H18O4S/c1-3-7-16-9-12(13)10-5-4-6-11(8-10)17(2,14)15/h4-6,8,12-13H,3,7,9H2,1-2H3. The van der Waals surface area contributed by atoms with Gasteiger partial charge in [-0.2, -0.15) is 0 Å². The van der Waals surface area contributed by atoms with Crippen LogP contribution in [0.1, 0.15) is 25.0 Å². The molecule has 0 bridgehead atoms. The summed E-state index contributed by atoms with van der Waals surface area (Å²) < 4.78 is 27.9. The molecular weight excluding hydrogens is 240 g/mol. The van der Waals surface area contributed by atoms with E-state index in [0.717, 1.165) is 12.7 Å². The van der Waals surface area contributed by atoms with E-state index in [9.17, 15) is 13.5 Å². The molecule has 1 atom stereocenters. The third kappa shape index (κ3) is 4.46. The van der Waals surface area contributed by atoms with Crippen LogP contribution >= 0.6 is 0 Å². The van der Waals surface area contributed by atoms with Crippen molar-refractivity contribution in [3.63, 3.8) is 0 Å². The van der Waals surface area contributed by atoms with Crippen LogP contribution in [0.15, 0.2) is 29.2 Å². The lowest BCUT2D eigenvalue weighted by Gasteiger charge is -2.12. The highest BCUT2D eigenvalue weighted by molar-refractivity contribution is 7.90. The average Bonchev–Trinajstić information content (AvgIpc) is 2.28. The van der Waals surface area contributed by atoms with Gasteiger partial charge >= 0.3 is 0 Å². The van der Waals surface area contributed by atoms with Crippen LogP contribution in [0.25, 0.3) is 0 Å². The number of ether oxygens (including phenoxy) is 1. The molecule has 1 unspecified atom stereocenters. The summed E-state index contributed by atoms with van der Waals surface area (Å²) in [7, 11) is -3.24. The lowest BCUT2D eigenvalue weighted by molar-refractivity contribution is 0.0363. The molecular formula is C12H18O4S. The Hall–Kier alpha value is -0.910. The van der Waals surface area contributed by atoms with Crippen LogP contribution in [0.5, 0.6) is 0 Å². The maximum absolute atomic E-state index is 11.4. The van der Waals surface area contributed by atoms with Crippen molar-refractivity contribution in [2.45, 2.75) is 24.3 Å². The minimum Gasteiger partial charge on any atom is -0.386 e. The van der Waals surface area contributed by atoms with E-state index in [1.807, 2.05) is 6.92 Å². The fourth-order valence-electron chi connectivity index (χ4n) is 1.39. The summed E-state index contributed by atoms with van der Waals surface area (Å²) in [5.74, 6) is 0. The molecule has 0 spiro atoms. The fraction of sp³-hybridized carbons (Fsp3) is 0.500. The molecule has 0 saturated heterocycles. The molecule has 0 aliphatic carbocycles. The van der Waals surface area contributed by atoms with Gasteiger partial charge < -0.3 is 9.84 Å². The fourth-order valence-corrected chi connectivity index (χ4v) is 2.06. The molecule has 0 radical (unpaired) electrons. The van der Waals surface area contributed by atoms with E-state index in [1.165, 1.54) is 12.1 Å². The summed E-state index contributed by atoms with van der Waals surface area (Å²) >= 11 is 0. The first-order chi connectivity index (χ1) is 7.95. The minimum atomic E-state index is -3.24. The van der Waals surface area contributed by atoms with Crippen molar-refractivity contribution < 1.29 is 18.3 Å². The Balaban J connectivity index is 2.78. The first-order valence-corrected chi connectivity index (χ1v) is 7.40. The Morgan fingerprint density at radius 3 is 2.71 bits per heavy atom. The molecule has 96 valence electrons. The highest BCUT2D eigenvalue weighted by Gasteiger charge is 2.12. The van der Waals surface area contributed by atoms with Gasteiger partial charge in [-0.15, -0.1) is 0 Å². The lowest BCUT2D eigenvalue weighted by atomic mass is 10.1. The zero-order valence-corrected chi connectivity index (χ0v) is 10.9. The molecule has 1 N–H and O–H groups in total. The molecule has 5 heteroatoms. The molecule has 0 aliphatic heterocycles. The Morgan fingerprint density at radius 2 is 2.12 bits per heavy atom. The molecule has 0 aromatic heterocycles. The highest BCUT2D eigenvalue weighted by atomic mass is 32.2. The predicted molar refractivity (Wildman–Crippen MR) is 65.6 cm³/mol. The van der Waals surface area contributed by atoms with Crippen molar-refractivity contribution in [3.8, 4) is 0 Å². The van der Waals surface area contributed by atoms with Crippen LogP contribution in [0.4, 0.5) is 0 Å². The highest BCUT2D eigenvalue weighted by Crippen LogP contribution is 2.18. The number of rotatable bonds is 6. The van der Waals surface area contributed by atoms with Gasteiger partial charge in [-0.05, 0) is 24.1 Å². The Labute approximate surface area is 102 Å². The quantitative estimate of drug-likeness (QED) is 0.786. The molecule has 0 heterocycles. The molecule has 4 nitrogen and oxygen atoms in total. The number of aliphatic hydroxyl groups excluding tert-OH is 1. The average molecular weight is 258 g/mol. The lowest BCUT2D eigenvalue weighted by Crippen LogP contribution is -2.08. The molecule has 1 rings (SSSR count). The Kier molecular flexibility index (Phi) is 5.11. The van der Waals surface area contributed by atoms with Crippen molar-refractivity contribution >= 4 is 9.84 Å². The Bertz CT molecular complexity index is 453. The van der Waals surface area contributed by atoms with Gasteiger partial charge in [0.1, 0.15) is 6.10 Å². The third-order valence-corrected chi connectivity index (χ3v) is 3.41. The van der Waals surface area contributed by atoms with Crippen molar-refractivity contribution in [3.05, 3.63) is 29.8 Å². The van der Waals surface area contributed by atoms with Crippen LogP contribution in [-0.4, -0.2) is 33.0 Å². The third-order valence-electron chi connectivity index (χ3n) is 2.30. The zero-order chi connectivity index (χ0) is 12.9. The van der Waals surface area contributed by atoms with E-state index in [1.54, 1.807) is 12.1 Å². The molecule has 1 aromatic carbocycles. The second-order valence-electron chi connectivity index (χ2n) is 3.94. The van der Waals surface area contributed by atoms with Crippen LogP contribution in [0, 0.1) is 0 Å². The largest absolute Gasteiger partial charge is 0.386 e. The molecule has 0 saturated carbocycles. The summed E-state index contributed by atoms with van der Waals surface area (Å²) in [6.07, 6.45) is 1.24. The van der Waals surface area contributed by atoms with Gasteiger partial charge in [0.05, 0.1) is 11.5 Å². The maximum Gasteiger partial charge on any atom is 0.175 e. The van der Waals surface area contributed by atoms with Crippen LogP contribution in [0.3, 0.4) is 0 Å². The van der Waals surface area contributed by atoms with Crippen molar-refractivity contribution in [1.82, 2.24) is 0 Å². The van der Waals surface area contributed by atoms with Crippen molar-refractivity contribution in [1.29, 1.82) is 0 Å². The van der Waals surface area contributed by atoms with E-state index in [0.29, 0.717) is 12.2 Å². The topological polar surface area (TPSA) is 63.6 Å². The van der Waals surface area contributed by atoms with Gasteiger partial charge in [-0.1, -0.05) is 19.1 Å². The van der Waals surface area contributed by atoms with Crippen LogP contribution in [0.2, 0.25) is 0 Å². The van der Waals surface area contributed by atoms with Crippen LogP contribution < -0.4 is 0 Å². The number of benzene rings is 1. The molecule has 0 fully saturated rings. The molecule has 0 aliphatic rings. The van der Waals surface area contributed by atoms with Crippen LogP contribution in [-0.2, 0) is 14.6 Å². The molecule has 0 amide bonds. The predicted octanol–water partition coefficient (Wildman–Crippen LogP) is 1.55. The number of hydrogen-bond acceptors (Lipinski definition) is 4. The smallest absolute Gasteiger partial charge is 0.175 e. The first-order valence-electron chi connectivity index (χ1n) is 5.51. The van der Waals surface area contributed by atoms with Gasteiger partial charge in [-0.3, -0.25) is 0 Å². The number of aliphatic hydroxyl groups is 1. The maximum atomic E-state index is 11.4.